The van der Waals surface area contributed by atoms with Crippen molar-refractivity contribution in [3.8, 4) is 27.9 Å². The van der Waals surface area contributed by atoms with E-state index >= 15 is 0 Å². The third-order valence-electron chi connectivity index (χ3n) is 15.3. The first-order chi connectivity index (χ1) is 38.4. The molecule has 10 nitrogen and oxygen atoms in total. The molecule has 438 valence electrons. The molecular weight excluding hydrogens is 1370 g/mol. The van der Waals surface area contributed by atoms with Crippen molar-refractivity contribution in [2.24, 2.45) is 0 Å². The van der Waals surface area contributed by atoms with Gasteiger partial charge in [-0.05, 0) is 59.4 Å². The molecule has 0 N–H and O–H groups in total. The summed E-state index contributed by atoms with van der Waals surface area (Å²) in [4.78, 5) is 14.6. The summed E-state index contributed by atoms with van der Waals surface area (Å²) in [5, 5.41) is 16.8. The quantitative estimate of drug-likeness (QED) is 0.0697. The standard InChI is InChI=1S/C35H42N5.C35H41N5.2Pt/c2*1-25-18-30(38-37-25)14-10-9-13-17-39-24-40(31-15-11-8-12-16-31)33-32(39)21-27(23-36-33)26-19-28(34(2,3)4)22-29(20-26)35(5,6)7;;/h8,11-12,15,18-24H,9-10,13-14,17H2,1-7H3;8,11-12,15,18-23H,9-10,13-14,17H2,1-7H3;;/q-3;-2;;. The van der Waals surface area contributed by atoms with Gasteiger partial charge in [0.15, 0.2) is 0 Å². The van der Waals surface area contributed by atoms with Gasteiger partial charge in [0.1, 0.15) is 5.82 Å². The number of pyridine rings is 2. The van der Waals surface area contributed by atoms with E-state index in [0.29, 0.717) is 0 Å². The molecule has 0 aliphatic carbocycles. The van der Waals surface area contributed by atoms with Crippen LogP contribution in [0.15, 0.2) is 122 Å². The Bertz CT molecular complexity index is 3570. The van der Waals surface area contributed by atoms with Gasteiger partial charge in [0.05, 0.1) is 5.69 Å². The molecule has 0 amide bonds. The molecule has 0 radical (unpaired) electrons. The van der Waals surface area contributed by atoms with E-state index in [1.807, 2.05) is 50.5 Å². The molecule has 0 unspecified atom stereocenters. The number of para-hydroxylation sites is 2. The Labute approximate surface area is 514 Å². The predicted molar refractivity (Wildman–Crippen MR) is 330 cm³/mol. The molecule has 10 rings (SSSR count). The predicted octanol–water partition coefficient (Wildman–Crippen LogP) is 16.3. The smallest absolute Gasteiger partial charge is 0 e. The number of benzene rings is 4. The molecule has 6 heterocycles. The topological polar surface area (TPSA) is 96.1 Å². The van der Waals surface area contributed by atoms with E-state index in [9.17, 15) is 0 Å². The zero-order valence-electron chi connectivity index (χ0n) is 50.8. The summed E-state index contributed by atoms with van der Waals surface area (Å²) in [5.41, 5.74) is 19.9. The fourth-order valence-corrected chi connectivity index (χ4v) is 11.4. The van der Waals surface area contributed by atoms with E-state index in [0.717, 1.165) is 136 Å². The minimum Gasteiger partial charge on any atom is 0 e. The summed E-state index contributed by atoms with van der Waals surface area (Å²) < 4.78 is 5.80. The molecule has 0 fully saturated rings. The molecule has 0 saturated heterocycles. The summed E-state index contributed by atoms with van der Waals surface area (Å²) in [6.07, 6.45) is 12.7. The van der Waals surface area contributed by atoms with Crippen molar-refractivity contribution in [2.45, 2.75) is 177 Å². The molecule has 12 heteroatoms. The van der Waals surface area contributed by atoms with Crippen LogP contribution in [-0.4, -0.2) is 35.8 Å². The van der Waals surface area contributed by atoms with Crippen LogP contribution in [0.4, 0.5) is 17.2 Å². The second-order valence-electron chi connectivity index (χ2n) is 26.2. The average molecular weight is 1450 g/mol. The van der Waals surface area contributed by atoms with Crippen LogP contribution >= 0.6 is 0 Å². The number of rotatable bonds is 16. The van der Waals surface area contributed by atoms with Crippen molar-refractivity contribution in [3.63, 3.8) is 0 Å². The number of aryl methyl sites for hydroxylation is 5. The summed E-state index contributed by atoms with van der Waals surface area (Å²) >= 11 is 2.46. The molecule has 1 aliphatic heterocycles. The molecule has 0 spiro atoms. The van der Waals surface area contributed by atoms with Gasteiger partial charge in [-0.25, -0.2) is 4.98 Å². The van der Waals surface area contributed by atoms with Gasteiger partial charge < -0.3 is 20.0 Å². The van der Waals surface area contributed by atoms with Crippen LogP contribution < -0.4 is 20.0 Å². The van der Waals surface area contributed by atoms with Gasteiger partial charge in [-0.1, -0.05) is 79.2 Å². The van der Waals surface area contributed by atoms with Gasteiger partial charge in [-0.3, -0.25) is 0 Å². The van der Waals surface area contributed by atoms with Crippen molar-refractivity contribution in [1.82, 2.24) is 39.5 Å². The number of fused-ring (bicyclic) bond motifs is 2. The summed E-state index contributed by atoms with van der Waals surface area (Å²) in [5.74, 6) is 0.955. The first-order valence-corrected chi connectivity index (χ1v) is 30.2. The molecule has 0 atom stereocenters. The summed E-state index contributed by atoms with van der Waals surface area (Å²) in [6, 6.07) is 46.0. The summed E-state index contributed by atoms with van der Waals surface area (Å²) in [6.45, 7) is 35.5. The van der Waals surface area contributed by atoms with Crippen molar-refractivity contribution < 1.29 is 40.4 Å². The number of unbranched alkanes of at least 4 members (excludes halogenated alkanes) is 4. The number of hydrogen-bond donors (Lipinski definition) is 0. The monoisotopic (exact) mass is 1450 g/mol. The van der Waals surface area contributed by atoms with Crippen LogP contribution in [0.3, 0.4) is 0 Å². The number of nitrogens with zero attached hydrogens (tertiary/aromatic N) is 10. The minimum absolute atomic E-state index is 0. The molecule has 5 aromatic heterocycles. The van der Waals surface area contributed by atoms with Gasteiger partial charge in [-0.2, -0.15) is 37.0 Å². The zero-order chi connectivity index (χ0) is 57.9. The van der Waals surface area contributed by atoms with Gasteiger partial charge >= 0.3 is 256 Å². The summed E-state index contributed by atoms with van der Waals surface area (Å²) in [7, 11) is 0. The maximum atomic E-state index is 5.09. The van der Waals surface area contributed by atoms with E-state index in [-0.39, 0.29) is 42.7 Å². The Balaban J connectivity index is 0.000000212. The normalized spacial score (nSPS) is 12.9. The second kappa shape index (κ2) is 25.9. The van der Waals surface area contributed by atoms with Crippen LogP contribution in [-0.2, 0) is 81.5 Å². The Hall–Kier alpha value is -5.95. The second-order valence-corrected chi connectivity index (χ2v) is 27.2. The van der Waals surface area contributed by atoms with E-state index in [1.54, 1.807) is 0 Å². The van der Waals surface area contributed by atoms with E-state index in [1.165, 1.54) is 33.4 Å². The maximum absolute atomic E-state index is 5.09. The third kappa shape index (κ3) is 15.0. The Morgan fingerprint density at radius 3 is 1.46 bits per heavy atom. The van der Waals surface area contributed by atoms with Gasteiger partial charge in [0.25, 0.3) is 0 Å². The molecule has 9 aromatic rings. The molecule has 82 heavy (non-hydrogen) atoms. The van der Waals surface area contributed by atoms with E-state index in [4.69, 9.17) is 9.97 Å². The van der Waals surface area contributed by atoms with Gasteiger partial charge in [0.2, 0.25) is 0 Å². The van der Waals surface area contributed by atoms with Crippen LogP contribution in [0.5, 0.6) is 0 Å². The first-order valence-electron chi connectivity index (χ1n) is 29.1. The number of anilines is 3. The van der Waals surface area contributed by atoms with E-state index in [2.05, 4.69) is 245 Å². The van der Waals surface area contributed by atoms with Crippen LogP contribution in [0, 0.1) is 36.5 Å². The molecule has 4 aromatic carbocycles. The van der Waals surface area contributed by atoms with Gasteiger partial charge in [-0.15, -0.1) is 11.4 Å². The largest absolute Gasteiger partial charge is 0 e. The average Bonchev–Trinajstić information content (AvgIpc) is 3.90. The fraction of sp³-hybridized carbons (Fsp3) is 0.400. The number of aromatic nitrogens is 8. The van der Waals surface area contributed by atoms with Crippen LogP contribution in [0.1, 0.15) is 167 Å². The maximum Gasteiger partial charge on any atom is 0 e. The minimum atomic E-state index is 0. The number of imidazole rings is 1. The first kappa shape index (κ1) is 62.1. The molecule has 0 bridgehead atoms. The Morgan fingerprint density at radius 2 is 1.00 bits per heavy atom. The van der Waals surface area contributed by atoms with E-state index < -0.39 is 0 Å². The Morgan fingerprint density at radius 1 is 0.524 bits per heavy atom. The molecule has 0 saturated carbocycles. The molecular formula is C70H83N10Pt2-5. The zero-order valence-corrected chi connectivity index (χ0v) is 55.3. The SMILES string of the molecule is Cc1cc(CCCCCN2[CH-]N(c3[c-]cccc3)c3ncc(-c4cc(C(C)(C)C)cc(C(C)(C)C)c4)cc32)n[n-]1.Cc1cc(CCCCCn2[c](=[Pt])n(-c3[c-]cccc3)c3ncc(-c4cc(C(C)(C)C)cc(C(C)(C)C)c4)cc32)n[n-]1.[Pt]. The van der Waals surface area contributed by atoms with Crippen LogP contribution in [0.25, 0.3) is 39.1 Å². The molecule has 1 aliphatic rings. The fourth-order valence-electron chi connectivity index (χ4n) is 10.3. The Kier molecular flexibility index (Phi) is 19.6. The van der Waals surface area contributed by atoms with Crippen molar-refractivity contribution >= 4 is 28.4 Å². The van der Waals surface area contributed by atoms with Crippen molar-refractivity contribution in [2.75, 3.05) is 16.3 Å². The number of hydrogen-bond acceptors (Lipinski definition) is 6. The third-order valence-corrected chi connectivity index (χ3v) is 16.4. The van der Waals surface area contributed by atoms with Crippen molar-refractivity contribution in [3.05, 3.63) is 189 Å². The van der Waals surface area contributed by atoms with Crippen molar-refractivity contribution in [1.29, 1.82) is 0 Å². The van der Waals surface area contributed by atoms with Gasteiger partial charge in [0, 0.05) is 38.5 Å². The van der Waals surface area contributed by atoms with Crippen LogP contribution in [0.2, 0.25) is 0 Å².